The van der Waals surface area contributed by atoms with E-state index in [0.717, 1.165) is 47.8 Å². The van der Waals surface area contributed by atoms with Gasteiger partial charge in [-0.1, -0.05) is 36.4 Å². The maximum atomic E-state index is 12.7. The van der Waals surface area contributed by atoms with Crippen LogP contribution in [0, 0.1) is 0 Å². The van der Waals surface area contributed by atoms with Crippen LogP contribution in [-0.4, -0.2) is 25.5 Å². The predicted octanol–water partition coefficient (Wildman–Crippen LogP) is 5.23. The van der Waals surface area contributed by atoms with E-state index in [-0.39, 0.29) is 10.9 Å². The average molecular weight is 442 g/mol. The molecule has 1 heterocycles. The van der Waals surface area contributed by atoms with Gasteiger partial charge < -0.3 is 5.32 Å². The molecule has 0 unspecified atom stereocenters. The zero-order valence-electron chi connectivity index (χ0n) is 16.5. The van der Waals surface area contributed by atoms with Crippen molar-refractivity contribution in [2.45, 2.75) is 42.7 Å². The van der Waals surface area contributed by atoms with Gasteiger partial charge in [-0.3, -0.25) is 4.98 Å². The fraction of sp³-hybridized carbons (Fsp3) is 0.261. The first-order chi connectivity index (χ1) is 14.4. The molecular formula is C23H24ClN3O2S. The molecule has 3 aromatic rings. The minimum absolute atomic E-state index is 0.0554. The number of hydrogen-bond donors (Lipinski definition) is 2. The normalized spacial score (nSPS) is 19.5. The summed E-state index contributed by atoms with van der Waals surface area (Å²) >= 11 is 6.07. The Bertz CT molecular complexity index is 1150. The van der Waals surface area contributed by atoms with Gasteiger partial charge >= 0.3 is 0 Å². The molecule has 1 aliphatic carbocycles. The Morgan fingerprint density at radius 1 is 1.00 bits per heavy atom. The van der Waals surface area contributed by atoms with Crippen LogP contribution in [-0.2, 0) is 10.0 Å². The van der Waals surface area contributed by atoms with E-state index < -0.39 is 10.0 Å². The topological polar surface area (TPSA) is 71.1 Å². The molecule has 0 saturated heterocycles. The first kappa shape index (κ1) is 20.8. The summed E-state index contributed by atoms with van der Waals surface area (Å²) in [5, 5.41) is 5.30. The number of rotatable bonds is 6. The van der Waals surface area contributed by atoms with E-state index >= 15 is 0 Å². The zero-order valence-corrected chi connectivity index (χ0v) is 18.1. The number of halogens is 1. The lowest BCUT2D eigenvalue weighted by Crippen LogP contribution is -2.40. The first-order valence-corrected chi connectivity index (χ1v) is 11.9. The van der Waals surface area contributed by atoms with Gasteiger partial charge in [0.2, 0.25) is 10.0 Å². The van der Waals surface area contributed by atoms with Crippen molar-refractivity contribution in [1.82, 2.24) is 9.71 Å². The van der Waals surface area contributed by atoms with Crippen LogP contribution in [0.2, 0.25) is 5.02 Å². The molecule has 5 nitrogen and oxygen atoms in total. The molecule has 30 heavy (non-hydrogen) atoms. The Morgan fingerprint density at radius 3 is 2.40 bits per heavy atom. The monoisotopic (exact) mass is 441 g/mol. The van der Waals surface area contributed by atoms with Gasteiger partial charge in [0, 0.05) is 34.4 Å². The number of anilines is 1. The number of nitrogens with one attached hydrogen (secondary N) is 2. The van der Waals surface area contributed by atoms with Gasteiger partial charge in [0.25, 0.3) is 0 Å². The molecule has 156 valence electrons. The summed E-state index contributed by atoms with van der Waals surface area (Å²) in [5.41, 5.74) is 2.78. The number of sulfonamides is 1. The van der Waals surface area contributed by atoms with E-state index in [1.807, 2.05) is 24.3 Å². The lowest BCUT2D eigenvalue weighted by Gasteiger charge is -2.30. The zero-order chi connectivity index (χ0) is 21.1. The van der Waals surface area contributed by atoms with Crippen LogP contribution in [0.3, 0.4) is 0 Å². The highest BCUT2D eigenvalue weighted by Gasteiger charge is 2.26. The fourth-order valence-electron chi connectivity index (χ4n) is 3.89. The number of aromatic nitrogens is 1. The minimum atomic E-state index is -3.52. The van der Waals surface area contributed by atoms with Crippen molar-refractivity contribution in [3.63, 3.8) is 0 Å². The molecule has 1 aliphatic rings. The molecule has 1 aromatic heterocycles. The van der Waals surface area contributed by atoms with Crippen LogP contribution < -0.4 is 10.0 Å². The molecule has 1 saturated carbocycles. The molecule has 0 atom stereocenters. The summed E-state index contributed by atoms with van der Waals surface area (Å²) < 4.78 is 28.2. The predicted molar refractivity (Wildman–Crippen MR) is 123 cm³/mol. The Morgan fingerprint density at radius 2 is 1.70 bits per heavy atom. The van der Waals surface area contributed by atoms with Gasteiger partial charge in [0.05, 0.1) is 10.4 Å². The third-order valence-corrected chi connectivity index (χ3v) is 7.31. The van der Waals surface area contributed by atoms with Gasteiger partial charge in [0.15, 0.2) is 0 Å². The summed E-state index contributed by atoms with van der Waals surface area (Å²) in [4.78, 5) is 4.67. The van der Waals surface area contributed by atoms with E-state index in [4.69, 9.17) is 11.6 Å². The lowest BCUT2D eigenvalue weighted by molar-refractivity contribution is 0.387. The largest absolute Gasteiger partial charge is 0.382 e. The quantitative estimate of drug-likeness (QED) is 0.549. The molecule has 2 aromatic carbocycles. The molecule has 2 N–H and O–H groups in total. The molecule has 4 rings (SSSR count). The van der Waals surface area contributed by atoms with Crippen molar-refractivity contribution in [3.8, 4) is 0 Å². The molecule has 0 radical (unpaired) electrons. The van der Waals surface area contributed by atoms with Gasteiger partial charge in [0.1, 0.15) is 0 Å². The van der Waals surface area contributed by atoms with Gasteiger partial charge in [-0.05, 0) is 67.6 Å². The summed E-state index contributed by atoms with van der Waals surface area (Å²) in [6.07, 6.45) is 6.82. The van der Waals surface area contributed by atoms with Crippen LogP contribution >= 0.6 is 11.6 Å². The molecule has 1 fully saturated rings. The van der Waals surface area contributed by atoms with E-state index in [9.17, 15) is 8.42 Å². The molecule has 7 heteroatoms. The summed E-state index contributed by atoms with van der Waals surface area (Å²) in [6.45, 7) is 3.69. The van der Waals surface area contributed by atoms with E-state index in [0.29, 0.717) is 11.1 Å². The van der Waals surface area contributed by atoms with E-state index in [2.05, 4.69) is 21.6 Å². The van der Waals surface area contributed by atoms with Crippen molar-refractivity contribution in [3.05, 3.63) is 71.9 Å². The molecule has 0 bridgehead atoms. The number of fused-ring (bicyclic) bond motifs is 1. The Labute approximate surface area is 182 Å². The van der Waals surface area contributed by atoms with Crippen molar-refractivity contribution in [2.75, 3.05) is 5.32 Å². The third-order valence-electron chi connectivity index (χ3n) is 5.54. The summed E-state index contributed by atoms with van der Waals surface area (Å²) in [5.74, 6) is 0. The van der Waals surface area contributed by atoms with Gasteiger partial charge in [-0.15, -0.1) is 0 Å². The van der Waals surface area contributed by atoms with Crippen molar-refractivity contribution >= 4 is 44.3 Å². The average Bonchev–Trinajstić information content (AvgIpc) is 2.75. The number of hydrogen-bond acceptors (Lipinski definition) is 4. The Kier molecular flexibility index (Phi) is 6.09. The van der Waals surface area contributed by atoms with Crippen LogP contribution in [0.4, 0.5) is 5.69 Å². The smallest absolute Gasteiger partial charge is 0.240 e. The van der Waals surface area contributed by atoms with Crippen LogP contribution in [0.1, 0.15) is 31.2 Å². The SMILES string of the molecule is C=Cc1ccc(S(=O)(=O)N[C@H]2CC[C@@H](Nc3ccnc4cc(Cl)ccc34)CC2)cc1. The summed E-state index contributed by atoms with van der Waals surface area (Å²) in [7, 11) is -3.52. The maximum absolute atomic E-state index is 12.7. The van der Waals surface area contributed by atoms with Crippen LogP contribution in [0.25, 0.3) is 17.0 Å². The van der Waals surface area contributed by atoms with E-state index in [1.165, 1.54) is 0 Å². The van der Waals surface area contributed by atoms with E-state index in [1.54, 1.807) is 36.5 Å². The molecule has 0 amide bonds. The Balaban J connectivity index is 1.38. The highest BCUT2D eigenvalue weighted by Crippen LogP contribution is 2.28. The second kappa shape index (κ2) is 8.76. The lowest BCUT2D eigenvalue weighted by atomic mass is 9.91. The Hall–Kier alpha value is -2.41. The second-order valence-corrected chi connectivity index (χ2v) is 9.76. The standard InChI is InChI=1S/C23H24ClN3O2S/c1-2-16-3-10-20(11-4-16)30(28,29)27-19-8-6-18(7-9-19)26-22-13-14-25-23-15-17(24)5-12-21(22)23/h2-5,10-15,18-19,27H,1,6-9H2,(H,25,26)/t18-,19+. The van der Waals surface area contributed by atoms with Crippen molar-refractivity contribution in [1.29, 1.82) is 0 Å². The first-order valence-electron chi connectivity index (χ1n) is 10.0. The maximum Gasteiger partial charge on any atom is 0.240 e. The van der Waals surface area contributed by atoms with Crippen LogP contribution in [0.5, 0.6) is 0 Å². The van der Waals surface area contributed by atoms with Gasteiger partial charge in [-0.25, -0.2) is 13.1 Å². The van der Waals surface area contributed by atoms with Crippen molar-refractivity contribution < 1.29 is 8.42 Å². The molecule has 0 spiro atoms. The number of nitrogens with zero attached hydrogens (tertiary/aromatic N) is 1. The highest BCUT2D eigenvalue weighted by atomic mass is 35.5. The van der Waals surface area contributed by atoms with Gasteiger partial charge in [-0.2, -0.15) is 0 Å². The fourth-order valence-corrected chi connectivity index (χ4v) is 5.36. The van der Waals surface area contributed by atoms with Crippen LogP contribution in [0.15, 0.2) is 66.2 Å². The molecule has 0 aliphatic heterocycles. The van der Waals surface area contributed by atoms with Crippen molar-refractivity contribution in [2.24, 2.45) is 0 Å². The number of pyridine rings is 1. The highest BCUT2D eigenvalue weighted by molar-refractivity contribution is 7.89. The minimum Gasteiger partial charge on any atom is -0.382 e. The number of benzene rings is 2. The molecular weight excluding hydrogens is 418 g/mol. The summed E-state index contributed by atoms with van der Waals surface area (Å²) in [6, 6.07) is 14.7. The third kappa shape index (κ3) is 4.67. The second-order valence-electron chi connectivity index (χ2n) is 7.61.